The van der Waals surface area contributed by atoms with Crippen molar-refractivity contribution < 1.29 is 9.53 Å². The summed E-state index contributed by atoms with van der Waals surface area (Å²) in [6.07, 6.45) is 3.32. The molecule has 2 aliphatic rings. The number of nitriles is 1. The van der Waals surface area contributed by atoms with Crippen molar-refractivity contribution >= 4 is 29.2 Å². The smallest absolute Gasteiger partial charge is 0.228 e. The number of hydrogen-bond acceptors (Lipinski definition) is 5. The number of hydrogen-bond donors (Lipinski definition) is 1. The van der Waals surface area contributed by atoms with Gasteiger partial charge in [0.1, 0.15) is 5.75 Å². The van der Waals surface area contributed by atoms with Gasteiger partial charge in [-0.1, -0.05) is 35.9 Å². The maximum absolute atomic E-state index is 12.5. The van der Waals surface area contributed by atoms with Gasteiger partial charge in [0, 0.05) is 23.6 Å². The first-order valence-electron chi connectivity index (χ1n) is 10.3. The number of amides is 1. The number of nitrogens with one attached hydrogen (secondary N) is 1. The predicted octanol–water partition coefficient (Wildman–Crippen LogP) is 2.99. The van der Waals surface area contributed by atoms with Crippen LogP contribution in [0.4, 0.5) is 0 Å². The molecule has 0 bridgehead atoms. The first-order chi connectivity index (χ1) is 15.6. The summed E-state index contributed by atoms with van der Waals surface area (Å²) in [4.78, 5) is 18.9. The van der Waals surface area contributed by atoms with E-state index in [4.69, 9.17) is 21.4 Å². The standard InChI is InChI=1S/C23H23ClN6O2/c1-32-19-10-4-16(5-11-19)13-26-23(27-15-25)30-14-20(29-12-2-3-21(29)31)22(28-30)17-6-8-18(24)9-7-17/h4-11,20H,2-3,12-14H2,1H3,(H,26,27). The lowest BCUT2D eigenvalue weighted by Gasteiger charge is -2.25. The van der Waals surface area contributed by atoms with E-state index in [2.05, 4.69) is 10.3 Å². The Morgan fingerprint density at radius 3 is 2.66 bits per heavy atom. The van der Waals surface area contributed by atoms with Crippen molar-refractivity contribution in [3.05, 3.63) is 64.7 Å². The van der Waals surface area contributed by atoms with Crippen molar-refractivity contribution in [3.8, 4) is 11.9 Å². The van der Waals surface area contributed by atoms with Crippen LogP contribution in [0.5, 0.6) is 5.75 Å². The van der Waals surface area contributed by atoms with Crippen molar-refractivity contribution in [3.63, 3.8) is 0 Å². The largest absolute Gasteiger partial charge is 0.497 e. The van der Waals surface area contributed by atoms with Gasteiger partial charge in [-0.15, -0.1) is 0 Å². The molecule has 1 N–H and O–H groups in total. The van der Waals surface area contributed by atoms with Crippen LogP contribution >= 0.6 is 11.6 Å². The highest BCUT2D eigenvalue weighted by atomic mass is 35.5. The van der Waals surface area contributed by atoms with Gasteiger partial charge in [0.2, 0.25) is 11.9 Å². The molecule has 4 rings (SSSR count). The fraction of sp³-hybridized carbons (Fsp3) is 0.304. The SMILES string of the molecule is COc1ccc(CN=C(NC#N)N2CC(N3CCCC3=O)C(c3ccc(Cl)cc3)=N2)cc1. The molecule has 0 aromatic heterocycles. The van der Waals surface area contributed by atoms with Crippen LogP contribution in [-0.2, 0) is 11.3 Å². The van der Waals surface area contributed by atoms with Crippen molar-refractivity contribution in [1.29, 1.82) is 5.26 Å². The molecule has 2 aromatic rings. The van der Waals surface area contributed by atoms with Gasteiger partial charge < -0.3 is 9.64 Å². The first kappa shape index (κ1) is 21.7. The van der Waals surface area contributed by atoms with Crippen molar-refractivity contribution in [2.24, 2.45) is 10.1 Å². The van der Waals surface area contributed by atoms with E-state index < -0.39 is 0 Å². The fourth-order valence-electron chi connectivity index (χ4n) is 3.87. The minimum absolute atomic E-state index is 0.114. The number of aliphatic imine (C=N–C) groups is 1. The Morgan fingerprint density at radius 2 is 2.03 bits per heavy atom. The minimum atomic E-state index is -0.224. The molecule has 1 saturated heterocycles. The van der Waals surface area contributed by atoms with Crippen molar-refractivity contribution in [2.75, 3.05) is 20.2 Å². The molecule has 2 aromatic carbocycles. The summed E-state index contributed by atoms with van der Waals surface area (Å²) < 4.78 is 5.19. The summed E-state index contributed by atoms with van der Waals surface area (Å²) in [5.74, 6) is 1.22. The summed E-state index contributed by atoms with van der Waals surface area (Å²) >= 11 is 6.06. The van der Waals surface area contributed by atoms with Gasteiger partial charge in [-0.2, -0.15) is 10.4 Å². The Hall–Kier alpha value is -3.57. The van der Waals surface area contributed by atoms with E-state index in [1.807, 2.05) is 47.5 Å². The number of rotatable bonds is 5. The highest BCUT2D eigenvalue weighted by Gasteiger charge is 2.38. The topological polar surface area (TPSA) is 93.3 Å². The molecule has 32 heavy (non-hydrogen) atoms. The molecular weight excluding hydrogens is 428 g/mol. The van der Waals surface area contributed by atoms with E-state index in [9.17, 15) is 10.1 Å². The molecule has 8 nitrogen and oxygen atoms in total. The zero-order chi connectivity index (χ0) is 22.5. The zero-order valence-corrected chi connectivity index (χ0v) is 18.4. The first-order valence-corrected chi connectivity index (χ1v) is 10.7. The average Bonchev–Trinajstić information content (AvgIpc) is 3.43. The van der Waals surface area contributed by atoms with E-state index in [1.54, 1.807) is 24.3 Å². The van der Waals surface area contributed by atoms with Crippen LogP contribution in [0.15, 0.2) is 58.6 Å². The van der Waals surface area contributed by atoms with Crippen LogP contribution in [0, 0.1) is 11.5 Å². The monoisotopic (exact) mass is 450 g/mol. The number of guanidine groups is 1. The third-order valence-corrected chi connectivity index (χ3v) is 5.75. The lowest BCUT2D eigenvalue weighted by Crippen LogP contribution is -2.45. The number of ether oxygens (including phenoxy) is 1. The van der Waals surface area contributed by atoms with Crippen LogP contribution in [0.2, 0.25) is 5.02 Å². The third-order valence-electron chi connectivity index (χ3n) is 5.50. The second-order valence-electron chi connectivity index (χ2n) is 7.51. The van der Waals surface area contributed by atoms with Crippen molar-refractivity contribution in [2.45, 2.75) is 25.4 Å². The van der Waals surface area contributed by atoms with Crippen molar-refractivity contribution in [1.82, 2.24) is 15.2 Å². The molecule has 0 radical (unpaired) electrons. The van der Waals surface area contributed by atoms with Crippen LogP contribution in [0.1, 0.15) is 24.0 Å². The quantitative estimate of drug-likeness (QED) is 0.327. The maximum Gasteiger partial charge on any atom is 0.228 e. The number of nitrogens with zero attached hydrogens (tertiary/aromatic N) is 5. The number of benzene rings is 2. The van der Waals surface area contributed by atoms with Gasteiger partial charge in [-0.3, -0.25) is 10.1 Å². The zero-order valence-electron chi connectivity index (χ0n) is 17.7. The normalized spacial score (nSPS) is 18.5. The molecule has 1 unspecified atom stereocenters. The molecule has 9 heteroatoms. The Labute approximate surface area is 191 Å². The molecule has 2 heterocycles. The predicted molar refractivity (Wildman–Crippen MR) is 122 cm³/mol. The molecule has 1 fully saturated rings. The van der Waals surface area contributed by atoms with Crippen LogP contribution in [0.3, 0.4) is 0 Å². The molecule has 0 saturated carbocycles. The summed E-state index contributed by atoms with van der Waals surface area (Å²) in [5, 5.41) is 19.0. The maximum atomic E-state index is 12.5. The van der Waals surface area contributed by atoms with Gasteiger partial charge in [-0.05, 0) is 36.2 Å². The number of halogens is 1. The van der Waals surface area contributed by atoms with E-state index in [-0.39, 0.29) is 11.9 Å². The van der Waals surface area contributed by atoms with Crippen LogP contribution < -0.4 is 10.1 Å². The molecule has 0 spiro atoms. The van der Waals surface area contributed by atoms with E-state index in [0.717, 1.165) is 29.0 Å². The van der Waals surface area contributed by atoms with Crippen LogP contribution in [0.25, 0.3) is 0 Å². The van der Waals surface area contributed by atoms with Gasteiger partial charge in [0.25, 0.3) is 0 Å². The number of likely N-dealkylation sites (tertiary alicyclic amines) is 1. The molecule has 1 atom stereocenters. The average molecular weight is 451 g/mol. The fourth-order valence-corrected chi connectivity index (χ4v) is 4.00. The van der Waals surface area contributed by atoms with Gasteiger partial charge in [0.05, 0.1) is 32.0 Å². The summed E-state index contributed by atoms with van der Waals surface area (Å²) in [6, 6.07) is 14.7. The van der Waals surface area contributed by atoms with Crippen LogP contribution in [-0.4, -0.2) is 53.7 Å². The van der Waals surface area contributed by atoms with E-state index >= 15 is 0 Å². The number of hydrazone groups is 1. The summed E-state index contributed by atoms with van der Waals surface area (Å²) in [7, 11) is 1.62. The lowest BCUT2D eigenvalue weighted by molar-refractivity contribution is -0.128. The van der Waals surface area contributed by atoms with Gasteiger partial charge >= 0.3 is 0 Å². The minimum Gasteiger partial charge on any atom is -0.497 e. The highest BCUT2D eigenvalue weighted by Crippen LogP contribution is 2.24. The molecule has 2 aliphatic heterocycles. The summed E-state index contributed by atoms with van der Waals surface area (Å²) in [5.41, 5.74) is 2.61. The molecule has 0 aliphatic carbocycles. The van der Waals surface area contributed by atoms with Gasteiger partial charge in [0.15, 0.2) is 6.19 Å². The lowest BCUT2D eigenvalue weighted by atomic mass is 10.0. The summed E-state index contributed by atoms with van der Waals surface area (Å²) in [6.45, 7) is 1.47. The second-order valence-corrected chi connectivity index (χ2v) is 7.94. The highest BCUT2D eigenvalue weighted by molar-refractivity contribution is 6.30. The molecule has 164 valence electrons. The van der Waals surface area contributed by atoms with E-state index in [0.29, 0.717) is 37.0 Å². The molecular formula is C23H23ClN6O2. The molecule has 1 amide bonds. The van der Waals surface area contributed by atoms with Gasteiger partial charge in [-0.25, -0.2) is 10.0 Å². The number of carbonyl (C=O) groups excluding carboxylic acids is 1. The third kappa shape index (κ3) is 4.68. The Morgan fingerprint density at radius 1 is 1.28 bits per heavy atom. The Balaban J connectivity index is 1.62. The number of methoxy groups -OCH3 is 1. The Bertz CT molecular complexity index is 1080. The number of carbonyl (C=O) groups is 1. The second kappa shape index (κ2) is 9.71. The Kier molecular flexibility index (Phi) is 6.57. The van der Waals surface area contributed by atoms with E-state index in [1.165, 1.54) is 0 Å².